The summed E-state index contributed by atoms with van der Waals surface area (Å²) in [6.45, 7) is 3.94. The Morgan fingerprint density at radius 3 is 2.87 bits per heavy atom. The molecule has 0 aliphatic carbocycles. The van der Waals surface area contributed by atoms with Crippen molar-refractivity contribution in [1.82, 2.24) is 10.2 Å². The Labute approximate surface area is 161 Å². The predicted molar refractivity (Wildman–Crippen MR) is 110 cm³/mol. The van der Waals surface area contributed by atoms with E-state index in [0.29, 0.717) is 5.92 Å². The van der Waals surface area contributed by atoms with Gasteiger partial charge in [-0.25, -0.2) is 0 Å². The molecule has 130 valence electrons. The summed E-state index contributed by atoms with van der Waals surface area (Å²) >= 11 is 1.91. The standard InChI is InChI=1S/C17H27N3OS.HI/c1-18-17(20-11-9-15(13-20)14-21-2)19-10-6-12-22-16-7-4-3-5-8-16;/h3-5,7-8,15H,6,9-14H2,1-2H3,(H,18,19);1H. The molecule has 6 heteroatoms. The van der Waals surface area contributed by atoms with Gasteiger partial charge < -0.3 is 15.0 Å². The number of hydrogen-bond acceptors (Lipinski definition) is 3. The van der Waals surface area contributed by atoms with Gasteiger partial charge in [-0.05, 0) is 30.7 Å². The van der Waals surface area contributed by atoms with E-state index in [1.54, 1.807) is 7.11 Å². The van der Waals surface area contributed by atoms with E-state index in [-0.39, 0.29) is 24.0 Å². The molecule has 2 rings (SSSR count). The smallest absolute Gasteiger partial charge is 0.193 e. The first-order valence-corrected chi connectivity index (χ1v) is 8.94. The van der Waals surface area contributed by atoms with Gasteiger partial charge in [0.1, 0.15) is 0 Å². The molecule has 0 aromatic heterocycles. The highest BCUT2D eigenvalue weighted by atomic mass is 127. The Morgan fingerprint density at radius 2 is 2.17 bits per heavy atom. The molecule has 1 N–H and O–H groups in total. The number of nitrogens with one attached hydrogen (secondary N) is 1. The van der Waals surface area contributed by atoms with Crippen LogP contribution in [0.4, 0.5) is 0 Å². The Hall–Kier alpha value is -0.470. The Balaban J connectivity index is 0.00000264. The first kappa shape index (κ1) is 20.6. The summed E-state index contributed by atoms with van der Waals surface area (Å²) in [4.78, 5) is 8.09. The second-order valence-electron chi connectivity index (χ2n) is 5.55. The highest BCUT2D eigenvalue weighted by Gasteiger charge is 2.24. The average molecular weight is 449 g/mol. The molecule has 1 aromatic carbocycles. The fourth-order valence-electron chi connectivity index (χ4n) is 2.71. The van der Waals surface area contributed by atoms with Crippen molar-refractivity contribution in [3.05, 3.63) is 30.3 Å². The molecular formula is C17H28IN3OS. The van der Waals surface area contributed by atoms with Crippen LogP contribution in [0.1, 0.15) is 12.8 Å². The van der Waals surface area contributed by atoms with Crippen molar-refractivity contribution in [2.24, 2.45) is 10.9 Å². The van der Waals surface area contributed by atoms with Crippen LogP contribution >= 0.6 is 35.7 Å². The Morgan fingerprint density at radius 1 is 1.39 bits per heavy atom. The van der Waals surface area contributed by atoms with Crippen molar-refractivity contribution in [3.8, 4) is 0 Å². The molecule has 0 spiro atoms. The van der Waals surface area contributed by atoms with Gasteiger partial charge in [0.25, 0.3) is 0 Å². The lowest BCUT2D eigenvalue weighted by Crippen LogP contribution is -2.40. The third-order valence-corrected chi connectivity index (χ3v) is 4.91. The molecule has 1 fully saturated rings. The molecule has 1 aliphatic heterocycles. The SMILES string of the molecule is CN=C(NCCCSc1ccccc1)N1CCC(COC)C1.I. The molecule has 0 amide bonds. The second kappa shape index (κ2) is 12.0. The van der Waals surface area contributed by atoms with Crippen LogP contribution in [0.5, 0.6) is 0 Å². The average Bonchev–Trinajstić information content (AvgIpc) is 3.01. The zero-order valence-corrected chi connectivity index (χ0v) is 17.2. The quantitative estimate of drug-likeness (QED) is 0.228. The molecule has 1 heterocycles. The van der Waals surface area contributed by atoms with Gasteiger partial charge in [0.15, 0.2) is 5.96 Å². The molecule has 1 saturated heterocycles. The van der Waals surface area contributed by atoms with E-state index in [2.05, 4.69) is 45.5 Å². The third-order valence-electron chi connectivity index (χ3n) is 3.82. The van der Waals surface area contributed by atoms with Crippen LogP contribution in [0.2, 0.25) is 0 Å². The molecule has 1 aliphatic rings. The Kier molecular flexibility index (Phi) is 10.7. The van der Waals surface area contributed by atoms with Gasteiger partial charge in [0.2, 0.25) is 0 Å². The van der Waals surface area contributed by atoms with Crippen LogP contribution < -0.4 is 5.32 Å². The first-order chi connectivity index (χ1) is 10.8. The van der Waals surface area contributed by atoms with E-state index in [1.807, 2.05) is 18.8 Å². The van der Waals surface area contributed by atoms with Crippen LogP contribution in [0, 0.1) is 5.92 Å². The van der Waals surface area contributed by atoms with Gasteiger partial charge in [0, 0.05) is 44.6 Å². The number of rotatable bonds is 7. The summed E-state index contributed by atoms with van der Waals surface area (Å²) in [5, 5.41) is 3.48. The van der Waals surface area contributed by atoms with Gasteiger partial charge >= 0.3 is 0 Å². The number of methoxy groups -OCH3 is 1. The summed E-state index contributed by atoms with van der Waals surface area (Å²) in [5.74, 6) is 2.79. The summed E-state index contributed by atoms with van der Waals surface area (Å²) in [6, 6.07) is 10.6. The van der Waals surface area contributed by atoms with Gasteiger partial charge in [-0.1, -0.05) is 18.2 Å². The monoisotopic (exact) mass is 449 g/mol. The topological polar surface area (TPSA) is 36.9 Å². The number of aliphatic imine (C=N–C) groups is 1. The first-order valence-electron chi connectivity index (χ1n) is 7.96. The summed E-state index contributed by atoms with van der Waals surface area (Å²) in [6.07, 6.45) is 2.33. The number of likely N-dealkylation sites (tertiary alicyclic amines) is 1. The van der Waals surface area contributed by atoms with E-state index in [0.717, 1.165) is 44.4 Å². The van der Waals surface area contributed by atoms with Crippen LogP contribution in [0.3, 0.4) is 0 Å². The van der Waals surface area contributed by atoms with Crippen molar-refractivity contribution in [1.29, 1.82) is 0 Å². The summed E-state index contributed by atoms with van der Waals surface area (Å²) < 4.78 is 5.25. The largest absolute Gasteiger partial charge is 0.384 e. The lowest BCUT2D eigenvalue weighted by atomic mass is 10.1. The minimum atomic E-state index is 0. The number of halogens is 1. The van der Waals surface area contributed by atoms with Crippen molar-refractivity contribution < 1.29 is 4.74 Å². The molecule has 1 unspecified atom stereocenters. The van der Waals surface area contributed by atoms with Crippen molar-refractivity contribution in [2.45, 2.75) is 17.7 Å². The fraction of sp³-hybridized carbons (Fsp3) is 0.588. The van der Waals surface area contributed by atoms with E-state index in [1.165, 1.54) is 11.3 Å². The molecule has 0 bridgehead atoms. The van der Waals surface area contributed by atoms with E-state index < -0.39 is 0 Å². The van der Waals surface area contributed by atoms with Gasteiger partial charge in [-0.3, -0.25) is 4.99 Å². The maximum atomic E-state index is 5.25. The minimum absolute atomic E-state index is 0. The molecule has 0 radical (unpaired) electrons. The van der Waals surface area contributed by atoms with Crippen molar-refractivity contribution in [2.75, 3.05) is 46.2 Å². The number of nitrogens with zero attached hydrogens (tertiary/aromatic N) is 2. The highest BCUT2D eigenvalue weighted by Crippen LogP contribution is 2.18. The number of benzene rings is 1. The number of ether oxygens (including phenoxy) is 1. The lowest BCUT2D eigenvalue weighted by molar-refractivity contribution is 0.157. The van der Waals surface area contributed by atoms with E-state index in [9.17, 15) is 0 Å². The fourth-order valence-corrected chi connectivity index (χ4v) is 3.58. The Bertz CT molecular complexity index is 458. The van der Waals surface area contributed by atoms with E-state index >= 15 is 0 Å². The van der Waals surface area contributed by atoms with Crippen molar-refractivity contribution in [3.63, 3.8) is 0 Å². The van der Waals surface area contributed by atoms with E-state index in [4.69, 9.17) is 4.74 Å². The zero-order chi connectivity index (χ0) is 15.6. The van der Waals surface area contributed by atoms with Crippen LogP contribution in [0.15, 0.2) is 40.2 Å². The summed E-state index contributed by atoms with van der Waals surface area (Å²) in [7, 11) is 3.64. The van der Waals surface area contributed by atoms with Gasteiger partial charge in [-0.2, -0.15) is 0 Å². The van der Waals surface area contributed by atoms with Crippen LogP contribution in [-0.2, 0) is 4.74 Å². The van der Waals surface area contributed by atoms with Crippen LogP contribution in [0.25, 0.3) is 0 Å². The number of hydrogen-bond donors (Lipinski definition) is 1. The van der Waals surface area contributed by atoms with Crippen molar-refractivity contribution >= 4 is 41.7 Å². The van der Waals surface area contributed by atoms with Crippen LogP contribution in [-0.4, -0.2) is 57.0 Å². The molecule has 0 saturated carbocycles. The normalized spacial score (nSPS) is 17.9. The highest BCUT2D eigenvalue weighted by molar-refractivity contribution is 14.0. The van der Waals surface area contributed by atoms with Gasteiger partial charge in [-0.15, -0.1) is 35.7 Å². The maximum Gasteiger partial charge on any atom is 0.193 e. The second-order valence-corrected chi connectivity index (χ2v) is 6.71. The molecule has 23 heavy (non-hydrogen) atoms. The number of guanidine groups is 1. The predicted octanol–water partition coefficient (Wildman–Crippen LogP) is 3.33. The lowest BCUT2D eigenvalue weighted by Gasteiger charge is -2.21. The van der Waals surface area contributed by atoms with Gasteiger partial charge in [0.05, 0.1) is 6.61 Å². The number of thioether (sulfide) groups is 1. The molecular weight excluding hydrogens is 421 g/mol. The summed E-state index contributed by atoms with van der Waals surface area (Å²) in [5.41, 5.74) is 0. The maximum absolute atomic E-state index is 5.25. The minimum Gasteiger partial charge on any atom is -0.384 e. The third kappa shape index (κ3) is 7.30. The molecule has 4 nitrogen and oxygen atoms in total. The molecule has 1 atom stereocenters. The molecule has 1 aromatic rings. The zero-order valence-electron chi connectivity index (χ0n) is 14.0.